The summed E-state index contributed by atoms with van der Waals surface area (Å²) in [5.41, 5.74) is 0. The summed E-state index contributed by atoms with van der Waals surface area (Å²) in [5, 5.41) is 0. The molecule has 470 valence electrons. The maximum absolute atomic E-state index is 12.9. The monoisotopic (exact) mass is 1130 g/mol. The van der Waals surface area contributed by atoms with Gasteiger partial charge in [-0.05, 0) is 89.9 Å². The smallest absolute Gasteiger partial charge is 0.306 e. The average Bonchev–Trinajstić information content (AvgIpc) is 3.47. The second-order valence-electron chi connectivity index (χ2n) is 23.8. The highest BCUT2D eigenvalue weighted by molar-refractivity contribution is 5.71. The highest BCUT2D eigenvalue weighted by Gasteiger charge is 2.19. The van der Waals surface area contributed by atoms with E-state index in [2.05, 4.69) is 93.7 Å². The van der Waals surface area contributed by atoms with Crippen LogP contribution < -0.4 is 0 Å². The number of rotatable bonds is 65. The van der Waals surface area contributed by atoms with Crippen molar-refractivity contribution in [3.8, 4) is 0 Å². The van der Waals surface area contributed by atoms with E-state index in [4.69, 9.17) is 14.2 Å². The Hall–Kier alpha value is -3.15. The molecule has 0 aliphatic rings. The van der Waals surface area contributed by atoms with Gasteiger partial charge in [0, 0.05) is 19.3 Å². The molecule has 0 aliphatic carbocycles. The molecule has 0 saturated carbocycles. The summed E-state index contributed by atoms with van der Waals surface area (Å²) in [6.45, 7) is 6.56. The molecule has 6 nitrogen and oxygen atoms in total. The van der Waals surface area contributed by atoms with Crippen LogP contribution in [0.3, 0.4) is 0 Å². The molecule has 81 heavy (non-hydrogen) atoms. The van der Waals surface area contributed by atoms with Crippen molar-refractivity contribution in [2.24, 2.45) is 0 Å². The predicted octanol–water partition coefficient (Wildman–Crippen LogP) is 24.4. The summed E-state index contributed by atoms with van der Waals surface area (Å²) in [4.78, 5) is 38.4. The van der Waals surface area contributed by atoms with Gasteiger partial charge < -0.3 is 14.2 Å². The Morgan fingerprint density at radius 1 is 0.259 bits per heavy atom. The first-order valence-corrected chi connectivity index (χ1v) is 35.4. The van der Waals surface area contributed by atoms with Crippen molar-refractivity contribution in [3.05, 3.63) is 72.9 Å². The molecule has 0 amide bonds. The highest BCUT2D eigenvalue weighted by Crippen LogP contribution is 2.18. The lowest BCUT2D eigenvalue weighted by molar-refractivity contribution is -0.167. The Kier molecular flexibility index (Phi) is 66.6. The summed E-state index contributed by atoms with van der Waals surface area (Å²) in [5.74, 6) is -0.863. The fraction of sp³-hybridized carbons (Fsp3) is 0.800. The van der Waals surface area contributed by atoms with Gasteiger partial charge in [-0.3, -0.25) is 14.4 Å². The van der Waals surface area contributed by atoms with Gasteiger partial charge in [0.2, 0.25) is 0 Å². The van der Waals surface area contributed by atoms with Gasteiger partial charge in [-0.25, -0.2) is 0 Å². The molecular weight excluding hydrogens is 997 g/mol. The Labute approximate surface area is 503 Å². The molecule has 1 unspecified atom stereocenters. The van der Waals surface area contributed by atoms with E-state index in [9.17, 15) is 14.4 Å². The van der Waals surface area contributed by atoms with Gasteiger partial charge >= 0.3 is 17.9 Å². The highest BCUT2D eigenvalue weighted by atomic mass is 16.6. The van der Waals surface area contributed by atoms with Gasteiger partial charge in [0.25, 0.3) is 0 Å². The van der Waals surface area contributed by atoms with Crippen LogP contribution in [0, 0.1) is 0 Å². The number of ether oxygens (including phenoxy) is 3. The number of hydrogen-bond donors (Lipinski definition) is 0. The Bertz CT molecular complexity index is 1490. The fourth-order valence-electron chi connectivity index (χ4n) is 10.4. The van der Waals surface area contributed by atoms with Crippen LogP contribution in [-0.2, 0) is 28.6 Å². The van der Waals surface area contributed by atoms with Crippen molar-refractivity contribution >= 4 is 17.9 Å². The third-order valence-corrected chi connectivity index (χ3v) is 15.7. The Balaban J connectivity index is 4.21. The topological polar surface area (TPSA) is 78.9 Å². The molecule has 0 aliphatic heterocycles. The van der Waals surface area contributed by atoms with E-state index in [1.807, 2.05) is 0 Å². The van der Waals surface area contributed by atoms with Crippen LogP contribution in [0.25, 0.3) is 0 Å². The van der Waals surface area contributed by atoms with Crippen molar-refractivity contribution in [1.82, 2.24) is 0 Å². The molecule has 0 heterocycles. The van der Waals surface area contributed by atoms with Gasteiger partial charge in [-0.2, -0.15) is 0 Å². The molecule has 1 atom stereocenters. The third kappa shape index (κ3) is 67.5. The summed E-state index contributed by atoms with van der Waals surface area (Å²) >= 11 is 0. The van der Waals surface area contributed by atoms with E-state index in [0.717, 1.165) is 96.3 Å². The van der Waals surface area contributed by atoms with E-state index >= 15 is 0 Å². The summed E-state index contributed by atoms with van der Waals surface area (Å²) in [7, 11) is 0. The first-order chi connectivity index (χ1) is 40.0. The van der Waals surface area contributed by atoms with Crippen molar-refractivity contribution < 1.29 is 28.6 Å². The van der Waals surface area contributed by atoms with Crippen LogP contribution in [-0.4, -0.2) is 37.2 Å². The molecule has 0 N–H and O–H groups in total. The lowest BCUT2D eigenvalue weighted by atomic mass is 10.0. The summed E-state index contributed by atoms with van der Waals surface area (Å²) in [6, 6.07) is 0. The van der Waals surface area contributed by atoms with Crippen molar-refractivity contribution in [1.29, 1.82) is 0 Å². The maximum Gasteiger partial charge on any atom is 0.306 e. The first kappa shape index (κ1) is 77.9. The number of esters is 3. The number of hydrogen-bond acceptors (Lipinski definition) is 6. The zero-order valence-corrected chi connectivity index (χ0v) is 54.1. The van der Waals surface area contributed by atoms with Crippen LogP contribution in [0.5, 0.6) is 0 Å². The molecule has 0 saturated heterocycles. The van der Waals surface area contributed by atoms with Crippen LogP contribution in [0.15, 0.2) is 72.9 Å². The van der Waals surface area contributed by atoms with Gasteiger partial charge in [-0.15, -0.1) is 0 Å². The van der Waals surface area contributed by atoms with Crippen LogP contribution in [0.1, 0.15) is 367 Å². The molecule has 0 rings (SSSR count). The van der Waals surface area contributed by atoms with Gasteiger partial charge in [0.1, 0.15) is 13.2 Å². The van der Waals surface area contributed by atoms with Crippen molar-refractivity contribution in [2.45, 2.75) is 374 Å². The maximum atomic E-state index is 12.9. The molecule has 0 aromatic rings. The largest absolute Gasteiger partial charge is 0.462 e. The molecule has 0 fully saturated rings. The lowest BCUT2D eigenvalue weighted by Gasteiger charge is -2.18. The molecule has 0 aromatic carbocycles. The number of carbonyl (C=O) groups excluding carboxylic acids is 3. The molecule has 0 aromatic heterocycles. The minimum absolute atomic E-state index is 0.0747. The summed E-state index contributed by atoms with van der Waals surface area (Å²) < 4.78 is 17.0. The Morgan fingerprint density at radius 3 is 0.753 bits per heavy atom. The zero-order valence-electron chi connectivity index (χ0n) is 54.1. The van der Waals surface area contributed by atoms with Gasteiger partial charge in [0.15, 0.2) is 6.10 Å². The molecule has 0 bridgehead atoms. The third-order valence-electron chi connectivity index (χ3n) is 15.7. The molecule has 0 radical (unpaired) electrons. The second-order valence-corrected chi connectivity index (χ2v) is 23.8. The SMILES string of the molecule is CC/C=C\C/C=C\C/C=C\CCCCCCCCCC(=O)OC(COC(=O)CCCCCCCCCCCCCCCCC)COC(=O)CCCCCCCCCCCCCCCCCC/C=C\C/C=C\C/C=C\CCCCCCC. The van der Waals surface area contributed by atoms with Crippen molar-refractivity contribution in [2.75, 3.05) is 13.2 Å². The first-order valence-electron chi connectivity index (χ1n) is 35.4. The van der Waals surface area contributed by atoms with E-state index in [0.29, 0.717) is 19.3 Å². The quantitative estimate of drug-likeness (QED) is 0.0261. The van der Waals surface area contributed by atoms with Gasteiger partial charge in [-0.1, -0.05) is 331 Å². The van der Waals surface area contributed by atoms with Crippen molar-refractivity contribution in [3.63, 3.8) is 0 Å². The standard InChI is InChI=1S/C75H134O6/c1-4-7-10-13-16-19-22-25-28-30-31-32-33-34-35-36-37-38-39-40-41-42-43-45-47-50-53-56-59-62-65-68-74(77)80-71-72(70-79-73(76)67-64-61-58-55-52-49-46-27-24-21-18-15-12-9-6-3)81-75(78)69-66-63-60-57-54-51-48-44-29-26-23-20-17-14-11-8-5-2/h8,11,17,20,22,25-26,29-31,33-34,72H,4-7,9-10,12-16,18-19,21,23-24,27-28,32,35-71H2,1-3H3/b11-8-,20-17-,25-22-,29-26-,31-30-,34-33-. The zero-order chi connectivity index (χ0) is 58.5. The van der Waals surface area contributed by atoms with Crippen LogP contribution in [0.4, 0.5) is 0 Å². The van der Waals surface area contributed by atoms with E-state index in [1.165, 1.54) is 231 Å². The van der Waals surface area contributed by atoms with Crippen LogP contribution in [0.2, 0.25) is 0 Å². The van der Waals surface area contributed by atoms with Gasteiger partial charge in [0.05, 0.1) is 0 Å². The Morgan fingerprint density at radius 2 is 0.481 bits per heavy atom. The molecule has 6 heteroatoms. The minimum Gasteiger partial charge on any atom is -0.462 e. The lowest BCUT2D eigenvalue weighted by Crippen LogP contribution is -2.30. The van der Waals surface area contributed by atoms with E-state index in [1.54, 1.807) is 0 Å². The van der Waals surface area contributed by atoms with Crippen LogP contribution >= 0.6 is 0 Å². The second kappa shape index (κ2) is 69.3. The average molecular weight is 1130 g/mol. The number of allylic oxidation sites excluding steroid dienone is 12. The normalized spacial score (nSPS) is 12.5. The van der Waals surface area contributed by atoms with E-state index < -0.39 is 6.10 Å². The number of carbonyl (C=O) groups is 3. The fourth-order valence-corrected chi connectivity index (χ4v) is 10.4. The molecule has 0 spiro atoms. The van der Waals surface area contributed by atoms with E-state index in [-0.39, 0.29) is 31.1 Å². The predicted molar refractivity (Wildman–Crippen MR) is 353 cm³/mol. The number of unbranched alkanes of at least 4 members (excludes halogenated alkanes) is 42. The minimum atomic E-state index is -0.780. The molecular formula is C75H134O6. The summed E-state index contributed by atoms with van der Waals surface area (Å²) in [6.07, 6.45) is 90.7.